The number of benzene rings is 2. The molecule has 0 radical (unpaired) electrons. The van der Waals surface area contributed by atoms with Crippen LogP contribution in [0.25, 0.3) is 21.8 Å². The summed E-state index contributed by atoms with van der Waals surface area (Å²) in [7, 11) is 3.20. The summed E-state index contributed by atoms with van der Waals surface area (Å²) in [5.74, 6) is 0.129. The molecule has 156 valence electrons. The van der Waals surface area contributed by atoms with Gasteiger partial charge in [-0.1, -0.05) is 18.2 Å². The molecule has 7 nitrogen and oxygen atoms in total. The SMILES string of the molecule is CCOCc1c(C(=O)OCC)cc2c3ccccc3n(COC)c2c1OCOC. The molecule has 0 fully saturated rings. The smallest absolute Gasteiger partial charge is 0.338 e. The highest BCUT2D eigenvalue weighted by Crippen LogP contribution is 2.40. The van der Waals surface area contributed by atoms with Gasteiger partial charge >= 0.3 is 5.97 Å². The Morgan fingerprint density at radius 1 is 1.03 bits per heavy atom. The fraction of sp³-hybridized carbons (Fsp3) is 0.409. The molecule has 0 aliphatic heterocycles. The van der Waals surface area contributed by atoms with Gasteiger partial charge in [-0.2, -0.15) is 0 Å². The number of ether oxygens (including phenoxy) is 5. The van der Waals surface area contributed by atoms with Crippen molar-refractivity contribution >= 4 is 27.8 Å². The lowest BCUT2D eigenvalue weighted by molar-refractivity contribution is 0.0459. The third kappa shape index (κ3) is 4.07. The number of rotatable bonds is 10. The minimum atomic E-state index is -0.407. The van der Waals surface area contributed by atoms with Crippen LogP contribution in [0.15, 0.2) is 30.3 Å². The van der Waals surface area contributed by atoms with E-state index >= 15 is 0 Å². The Labute approximate surface area is 170 Å². The van der Waals surface area contributed by atoms with Gasteiger partial charge in [0.2, 0.25) is 0 Å². The summed E-state index contributed by atoms with van der Waals surface area (Å²) >= 11 is 0. The molecule has 0 aliphatic carbocycles. The van der Waals surface area contributed by atoms with E-state index in [-0.39, 0.29) is 20.0 Å². The van der Waals surface area contributed by atoms with Gasteiger partial charge in [-0.15, -0.1) is 0 Å². The van der Waals surface area contributed by atoms with Gasteiger partial charge in [-0.05, 0) is 26.0 Å². The van der Waals surface area contributed by atoms with E-state index in [1.54, 1.807) is 21.1 Å². The van der Waals surface area contributed by atoms with Gasteiger partial charge in [0.1, 0.15) is 6.73 Å². The summed E-state index contributed by atoms with van der Waals surface area (Å²) in [4.78, 5) is 12.8. The van der Waals surface area contributed by atoms with Crippen LogP contribution in [0.3, 0.4) is 0 Å². The lowest BCUT2D eigenvalue weighted by Crippen LogP contribution is -2.13. The molecule has 29 heavy (non-hydrogen) atoms. The minimum Gasteiger partial charge on any atom is -0.465 e. The molecule has 0 bridgehead atoms. The van der Waals surface area contributed by atoms with Crippen LogP contribution in [0.4, 0.5) is 0 Å². The molecule has 0 unspecified atom stereocenters. The van der Waals surface area contributed by atoms with Gasteiger partial charge in [0.15, 0.2) is 12.5 Å². The number of nitrogens with zero attached hydrogens (tertiary/aromatic N) is 1. The third-order valence-corrected chi connectivity index (χ3v) is 4.64. The zero-order valence-corrected chi connectivity index (χ0v) is 17.3. The summed E-state index contributed by atoms with van der Waals surface area (Å²) in [5, 5.41) is 1.88. The zero-order valence-electron chi connectivity index (χ0n) is 17.3. The molecule has 0 aliphatic rings. The van der Waals surface area contributed by atoms with Crippen molar-refractivity contribution in [2.24, 2.45) is 0 Å². The highest BCUT2D eigenvalue weighted by atomic mass is 16.7. The van der Waals surface area contributed by atoms with E-state index in [2.05, 4.69) is 0 Å². The van der Waals surface area contributed by atoms with E-state index in [0.29, 0.717) is 30.2 Å². The molecule has 3 rings (SSSR count). The Morgan fingerprint density at radius 2 is 1.83 bits per heavy atom. The number of methoxy groups -OCH3 is 2. The molecule has 0 N–H and O–H groups in total. The highest BCUT2D eigenvalue weighted by molar-refractivity contribution is 6.13. The molecular weight excluding hydrogens is 374 g/mol. The second-order valence-corrected chi connectivity index (χ2v) is 6.40. The highest BCUT2D eigenvalue weighted by Gasteiger charge is 2.25. The largest absolute Gasteiger partial charge is 0.465 e. The van der Waals surface area contributed by atoms with Gasteiger partial charge in [0, 0.05) is 37.2 Å². The average Bonchev–Trinajstić information content (AvgIpc) is 3.04. The zero-order chi connectivity index (χ0) is 20.8. The quantitative estimate of drug-likeness (QED) is 0.376. The molecule has 0 spiro atoms. The van der Waals surface area contributed by atoms with Crippen LogP contribution in [0.5, 0.6) is 5.75 Å². The predicted molar refractivity (Wildman–Crippen MR) is 110 cm³/mol. The summed E-state index contributed by atoms with van der Waals surface area (Å²) in [6.07, 6.45) is 0. The Balaban J connectivity index is 2.40. The van der Waals surface area contributed by atoms with E-state index in [9.17, 15) is 4.79 Å². The molecule has 1 heterocycles. The van der Waals surface area contributed by atoms with Crippen molar-refractivity contribution in [2.45, 2.75) is 27.2 Å². The number of esters is 1. The van der Waals surface area contributed by atoms with Crippen LogP contribution in [0.1, 0.15) is 29.8 Å². The molecule has 0 saturated carbocycles. The van der Waals surface area contributed by atoms with Crippen molar-refractivity contribution in [1.82, 2.24) is 4.57 Å². The van der Waals surface area contributed by atoms with E-state index in [0.717, 1.165) is 21.8 Å². The van der Waals surface area contributed by atoms with E-state index < -0.39 is 5.97 Å². The topological polar surface area (TPSA) is 68.2 Å². The van der Waals surface area contributed by atoms with Crippen molar-refractivity contribution in [1.29, 1.82) is 0 Å². The second-order valence-electron chi connectivity index (χ2n) is 6.40. The maximum Gasteiger partial charge on any atom is 0.338 e. The summed E-state index contributed by atoms with van der Waals surface area (Å²) in [6, 6.07) is 9.82. The first-order valence-electron chi connectivity index (χ1n) is 9.60. The third-order valence-electron chi connectivity index (χ3n) is 4.64. The Bertz CT molecular complexity index is 994. The van der Waals surface area contributed by atoms with E-state index in [1.807, 2.05) is 41.8 Å². The fourth-order valence-electron chi connectivity index (χ4n) is 3.49. The van der Waals surface area contributed by atoms with Gasteiger partial charge < -0.3 is 28.3 Å². The molecular formula is C22H27NO6. The van der Waals surface area contributed by atoms with Crippen LogP contribution < -0.4 is 4.74 Å². The summed E-state index contributed by atoms with van der Waals surface area (Å²) in [6.45, 7) is 5.06. The normalized spacial score (nSPS) is 11.3. The number of carbonyl (C=O) groups excluding carboxylic acids is 1. The Kier molecular flexibility index (Phi) is 7.09. The first-order valence-corrected chi connectivity index (χ1v) is 9.60. The summed E-state index contributed by atoms with van der Waals surface area (Å²) in [5.41, 5.74) is 2.87. The molecule has 2 aromatic carbocycles. The fourth-order valence-corrected chi connectivity index (χ4v) is 3.49. The van der Waals surface area contributed by atoms with Crippen molar-refractivity contribution in [2.75, 3.05) is 34.2 Å². The first-order chi connectivity index (χ1) is 14.2. The second kappa shape index (κ2) is 9.73. The van der Waals surface area contributed by atoms with Crippen molar-refractivity contribution < 1.29 is 28.5 Å². The molecule has 7 heteroatoms. The molecule has 0 amide bonds. The monoisotopic (exact) mass is 401 g/mol. The minimum absolute atomic E-state index is 0.0367. The van der Waals surface area contributed by atoms with Gasteiger partial charge in [-0.3, -0.25) is 0 Å². The van der Waals surface area contributed by atoms with Crippen LogP contribution in [0.2, 0.25) is 0 Å². The lowest BCUT2D eigenvalue weighted by atomic mass is 10.0. The lowest BCUT2D eigenvalue weighted by Gasteiger charge is -2.18. The number of hydrogen-bond acceptors (Lipinski definition) is 6. The van der Waals surface area contributed by atoms with Crippen LogP contribution >= 0.6 is 0 Å². The van der Waals surface area contributed by atoms with Gasteiger partial charge in [0.05, 0.1) is 29.8 Å². The van der Waals surface area contributed by atoms with Crippen LogP contribution in [-0.4, -0.2) is 44.8 Å². The molecule has 1 aromatic heterocycles. The predicted octanol–water partition coefficient (Wildman–Crippen LogP) is 4.09. The van der Waals surface area contributed by atoms with Crippen LogP contribution in [-0.2, 0) is 32.3 Å². The van der Waals surface area contributed by atoms with Crippen molar-refractivity contribution in [3.8, 4) is 5.75 Å². The van der Waals surface area contributed by atoms with E-state index in [4.69, 9.17) is 23.7 Å². The summed E-state index contributed by atoms with van der Waals surface area (Å²) < 4.78 is 29.6. The standard InChI is InChI=1S/C22H27NO6/c1-5-27-12-18-17(22(24)28-6-2)11-16-15-9-7-8-10-19(15)23(13-25-3)20(16)21(18)29-14-26-4/h7-11H,5-6,12-14H2,1-4H3. The molecule has 0 atom stereocenters. The van der Waals surface area contributed by atoms with Gasteiger partial charge in [0.25, 0.3) is 0 Å². The van der Waals surface area contributed by atoms with E-state index in [1.165, 1.54) is 0 Å². The number of hydrogen-bond donors (Lipinski definition) is 0. The van der Waals surface area contributed by atoms with Crippen LogP contribution in [0, 0.1) is 0 Å². The first kappa shape index (κ1) is 21.1. The van der Waals surface area contributed by atoms with Crippen molar-refractivity contribution in [3.63, 3.8) is 0 Å². The number of fused-ring (bicyclic) bond motifs is 3. The molecule has 3 aromatic rings. The van der Waals surface area contributed by atoms with Crippen molar-refractivity contribution in [3.05, 3.63) is 41.5 Å². The number of carbonyl (C=O) groups is 1. The Morgan fingerprint density at radius 3 is 2.52 bits per heavy atom. The molecule has 0 saturated heterocycles. The maximum absolute atomic E-state index is 12.8. The number of para-hydroxylation sites is 1. The number of aromatic nitrogens is 1. The maximum atomic E-state index is 12.8. The van der Waals surface area contributed by atoms with Gasteiger partial charge in [-0.25, -0.2) is 4.79 Å². The average molecular weight is 401 g/mol. The Hall–Kier alpha value is -2.61.